The summed E-state index contributed by atoms with van der Waals surface area (Å²) in [7, 11) is 0. The van der Waals surface area contributed by atoms with Crippen LogP contribution in [-0.2, 0) is 14.3 Å². The SMILES string of the molecule is CC(OC(=O)/C=C/c1ccccc1Cl)C(=O)Nc1ccc2c(c1)OCCO2. The molecule has 2 aromatic carbocycles. The highest BCUT2D eigenvalue weighted by Gasteiger charge is 2.18. The van der Waals surface area contributed by atoms with Crippen LogP contribution in [0.25, 0.3) is 6.08 Å². The standard InChI is InChI=1S/C20H18ClNO5/c1-13(27-19(23)9-6-14-4-2-3-5-16(14)21)20(24)22-15-7-8-17-18(12-15)26-11-10-25-17/h2-9,12-13H,10-11H2,1H3,(H,22,24)/b9-6+. The van der Waals surface area contributed by atoms with Gasteiger partial charge in [-0.25, -0.2) is 4.79 Å². The van der Waals surface area contributed by atoms with Gasteiger partial charge in [-0.3, -0.25) is 4.79 Å². The molecule has 140 valence electrons. The lowest BCUT2D eigenvalue weighted by Gasteiger charge is -2.19. The number of fused-ring (bicyclic) bond motifs is 1. The third kappa shape index (κ3) is 5.01. The highest BCUT2D eigenvalue weighted by Crippen LogP contribution is 2.32. The lowest BCUT2D eigenvalue weighted by molar-refractivity contribution is -0.148. The largest absolute Gasteiger partial charge is 0.486 e. The maximum Gasteiger partial charge on any atom is 0.331 e. The number of ether oxygens (including phenoxy) is 3. The Morgan fingerprint density at radius 3 is 2.67 bits per heavy atom. The lowest BCUT2D eigenvalue weighted by Crippen LogP contribution is -2.29. The van der Waals surface area contributed by atoms with Crippen LogP contribution < -0.4 is 14.8 Å². The molecule has 1 aliphatic rings. The molecule has 0 radical (unpaired) electrons. The number of benzene rings is 2. The van der Waals surface area contributed by atoms with Crippen molar-refractivity contribution in [1.29, 1.82) is 0 Å². The Labute approximate surface area is 161 Å². The lowest BCUT2D eigenvalue weighted by atomic mass is 10.2. The van der Waals surface area contributed by atoms with Gasteiger partial charge in [0, 0.05) is 22.9 Å². The Kier molecular flexibility index (Phi) is 5.98. The molecule has 1 aliphatic heterocycles. The molecule has 0 saturated heterocycles. The molecule has 1 heterocycles. The molecule has 0 spiro atoms. The van der Waals surface area contributed by atoms with Gasteiger partial charge in [0.15, 0.2) is 17.6 Å². The molecule has 3 rings (SSSR count). The van der Waals surface area contributed by atoms with Crippen molar-refractivity contribution in [2.24, 2.45) is 0 Å². The van der Waals surface area contributed by atoms with Crippen LogP contribution in [0.1, 0.15) is 12.5 Å². The first-order valence-electron chi connectivity index (χ1n) is 8.36. The van der Waals surface area contributed by atoms with Gasteiger partial charge >= 0.3 is 5.97 Å². The van der Waals surface area contributed by atoms with Crippen molar-refractivity contribution in [2.75, 3.05) is 18.5 Å². The number of esters is 1. The molecular formula is C20H18ClNO5. The van der Waals surface area contributed by atoms with Gasteiger partial charge in [0.25, 0.3) is 5.91 Å². The first-order chi connectivity index (χ1) is 13.0. The van der Waals surface area contributed by atoms with Crippen molar-refractivity contribution in [3.8, 4) is 11.5 Å². The molecular weight excluding hydrogens is 370 g/mol. The zero-order chi connectivity index (χ0) is 19.2. The second-order valence-corrected chi connectivity index (χ2v) is 6.19. The smallest absolute Gasteiger partial charge is 0.331 e. The quantitative estimate of drug-likeness (QED) is 0.625. The molecule has 1 unspecified atom stereocenters. The number of hydrogen-bond acceptors (Lipinski definition) is 5. The third-order valence-corrected chi connectivity index (χ3v) is 4.12. The fourth-order valence-electron chi connectivity index (χ4n) is 2.40. The van der Waals surface area contributed by atoms with Crippen molar-refractivity contribution in [3.63, 3.8) is 0 Å². The molecule has 7 heteroatoms. The molecule has 2 aromatic rings. The summed E-state index contributed by atoms with van der Waals surface area (Å²) in [5, 5.41) is 3.20. The van der Waals surface area contributed by atoms with Gasteiger partial charge in [-0.05, 0) is 36.8 Å². The molecule has 0 saturated carbocycles. The maximum atomic E-state index is 12.2. The highest BCUT2D eigenvalue weighted by atomic mass is 35.5. The van der Waals surface area contributed by atoms with E-state index in [-0.39, 0.29) is 0 Å². The fourth-order valence-corrected chi connectivity index (χ4v) is 2.60. The van der Waals surface area contributed by atoms with Crippen molar-refractivity contribution >= 4 is 35.2 Å². The number of hydrogen-bond donors (Lipinski definition) is 1. The molecule has 1 atom stereocenters. The monoisotopic (exact) mass is 387 g/mol. The van der Waals surface area contributed by atoms with Crippen LogP contribution in [0.3, 0.4) is 0 Å². The zero-order valence-electron chi connectivity index (χ0n) is 14.6. The predicted octanol–water partition coefficient (Wildman–Crippen LogP) is 3.69. The average molecular weight is 388 g/mol. The van der Waals surface area contributed by atoms with Gasteiger partial charge in [-0.2, -0.15) is 0 Å². The van der Waals surface area contributed by atoms with Gasteiger partial charge in [-0.1, -0.05) is 29.8 Å². The maximum absolute atomic E-state index is 12.2. The first kappa shape index (κ1) is 18.8. The number of halogens is 1. The van der Waals surface area contributed by atoms with E-state index >= 15 is 0 Å². The number of nitrogens with one attached hydrogen (secondary N) is 1. The van der Waals surface area contributed by atoms with Crippen molar-refractivity contribution in [1.82, 2.24) is 0 Å². The van der Waals surface area contributed by atoms with E-state index in [1.807, 2.05) is 0 Å². The molecule has 1 N–H and O–H groups in total. The number of carbonyl (C=O) groups is 2. The number of anilines is 1. The molecule has 27 heavy (non-hydrogen) atoms. The van der Waals surface area contributed by atoms with Crippen molar-refractivity contribution < 1.29 is 23.8 Å². The van der Waals surface area contributed by atoms with Gasteiger partial charge in [0.1, 0.15) is 13.2 Å². The van der Waals surface area contributed by atoms with Gasteiger partial charge in [0.2, 0.25) is 0 Å². The van der Waals surface area contributed by atoms with Crippen molar-refractivity contribution in [3.05, 3.63) is 59.1 Å². The highest BCUT2D eigenvalue weighted by molar-refractivity contribution is 6.32. The molecule has 0 fully saturated rings. The number of carbonyl (C=O) groups excluding carboxylic acids is 2. The van der Waals surface area contributed by atoms with E-state index in [1.54, 1.807) is 42.5 Å². The minimum absolute atomic E-state index is 0.453. The van der Waals surface area contributed by atoms with Gasteiger partial charge in [-0.15, -0.1) is 0 Å². The van der Waals surface area contributed by atoms with E-state index in [2.05, 4.69) is 5.32 Å². The van der Waals surface area contributed by atoms with Gasteiger partial charge in [0.05, 0.1) is 0 Å². The average Bonchev–Trinajstić information content (AvgIpc) is 2.67. The Morgan fingerprint density at radius 2 is 1.89 bits per heavy atom. The first-order valence-corrected chi connectivity index (χ1v) is 8.74. The normalized spacial score (nSPS) is 13.9. The number of rotatable bonds is 5. The summed E-state index contributed by atoms with van der Waals surface area (Å²) < 4.78 is 16.0. The van der Waals surface area contributed by atoms with E-state index in [0.717, 1.165) is 0 Å². The summed E-state index contributed by atoms with van der Waals surface area (Å²) in [6.45, 7) is 2.44. The minimum atomic E-state index is -0.971. The summed E-state index contributed by atoms with van der Waals surface area (Å²) in [5.41, 5.74) is 1.21. The third-order valence-electron chi connectivity index (χ3n) is 3.78. The fraction of sp³-hybridized carbons (Fsp3) is 0.200. The van der Waals surface area contributed by atoms with Gasteiger partial charge < -0.3 is 19.5 Å². The van der Waals surface area contributed by atoms with E-state index in [1.165, 1.54) is 19.1 Å². The van der Waals surface area contributed by atoms with E-state index in [9.17, 15) is 9.59 Å². The van der Waals surface area contributed by atoms with E-state index in [0.29, 0.717) is 41.0 Å². The summed E-state index contributed by atoms with van der Waals surface area (Å²) >= 11 is 6.02. The summed E-state index contributed by atoms with van der Waals surface area (Å²) in [6, 6.07) is 12.2. The summed E-state index contributed by atoms with van der Waals surface area (Å²) in [4.78, 5) is 24.2. The zero-order valence-corrected chi connectivity index (χ0v) is 15.4. The Hall–Kier alpha value is -2.99. The van der Waals surface area contributed by atoms with Crippen LogP contribution in [0.4, 0.5) is 5.69 Å². The summed E-state index contributed by atoms with van der Waals surface area (Å²) in [5.74, 6) is 0.0979. The second kappa shape index (κ2) is 8.60. The summed E-state index contributed by atoms with van der Waals surface area (Å²) in [6.07, 6.45) is 1.80. The van der Waals surface area contributed by atoms with Crippen LogP contribution in [0.2, 0.25) is 5.02 Å². The Balaban J connectivity index is 1.56. The molecule has 0 aliphatic carbocycles. The molecule has 1 amide bonds. The topological polar surface area (TPSA) is 73.9 Å². The van der Waals surface area contributed by atoms with E-state index in [4.69, 9.17) is 25.8 Å². The predicted molar refractivity (Wildman–Crippen MR) is 102 cm³/mol. The second-order valence-electron chi connectivity index (χ2n) is 5.78. The number of amides is 1. The van der Waals surface area contributed by atoms with Crippen LogP contribution in [0, 0.1) is 0 Å². The van der Waals surface area contributed by atoms with Crippen LogP contribution in [0.15, 0.2) is 48.5 Å². The van der Waals surface area contributed by atoms with E-state index < -0.39 is 18.0 Å². The van der Waals surface area contributed by atoms with Crippen molar-refractivity contribution in [2.45, 2.75) is 13.0 Å². The van der Waals surface area contributed by atoms with Crippen LogP contribution >= 0.6 is 11.6 Å². The Morgan fingerprint density at radius 1 is 1.15 bits per heavy atom. The molecule has 0 aromatic heterocycles. The minimum Gasteiger partial charge on any atom is -0.486 e. The van der Waals surface area contributed by atoms with Crippen LogP contribution in [0.5, 0.6) is 11.5 Å². The molecule has 6 nitrogen and oxygen atoms in total. The molecule has 0 bridgehead atoms. The van der Waals surface area contributed by atoms with Crippen LogP contribution in [-0.4, -0.2) is 31.2 Å². The Bertz CT molecular complexity index is 880.